The number of nitrogens with one attached hydrogen (secondary N) is 1. The van der Waals surface area contributed by atoms with Crippen molar-refractivity contribution in [2.45, 2.75) is 18.7 Å². The van der Waals surface area contributed by atoms with Gasteiger partial charge in [0, 0.05) is 5.02 Å². The Morgan fingerprint density at radius 2 is 1.76 bits per heavy atom. The molecule has 0 spiro atoms. The van der Waals surface area contributed by atoms with E-state index in [1.807, 2.05) is 19.9 Å². The van der Waals surface area contributed by atoms with E-state index in [0.717, 1.165) is 16.7 Å². The van der Waals surface area contributed by atoms with Crippen molar-refractivity contribution in [2.75, 3.05) is 0 Å². The van der Waals surface area contributed by atoms with Gasteiger partial charge in [-0.05, 0) is 49.2 Å². The van der Waals surface area contributed by atoms with Gasteiger partial charge in [-0.25, -0.2) is 4.83 Å². The number of benzene rings is 2. The fraction of sp³-hybridized carbons (Fsp3) is 0.133. The van der Waals surface area contributed by atoms with Gasteiger partial charge in [0.25, 0.3) is 10.0 Å². The van der Waals surface area contributed by atoms with Gasteiger partial charge in [0.1, 0.15) is 0 Å². The minimum Gasteiger partial charge on any atom is -0.200 e. The zero-order valence-electron chi connectivity index (χ0n) is 11.7. The van der Waals surface area contributed by atoms with Crippen molar-refractivity contribution >= 4 is 27.8 Å². The molecule has 0 saturated carbocycles. The van der Waals surface area contributed by atoms with Gasteiger partial charge in [-0.15, -0.1) is 0 Å². The van der Waals surface area contributed by atoms with E-state index in [0.29, 0.717) is 5.02 Å². The molecule has 0 unspecified atom stereocenters. The predicted molar refractivity (Wildman–Crippen MR) is 85.3 cm³/mol. The van der Waals surface area contributed by atoms with Crippen LogP contribution in [-0.2, 0) is 10.0 Å². The minimum atomic E-state index is -3.64. The topological polar surface area (TPSA) is 58.5 Å². The second kappa shape index (κ2) is 6.28. The first-order valence-corrected chi connectivity index (χ1v) is 8.12. The number of rotatable bonds is 4. The van der Waals surface area contributed by atoms with Crippen LogP contribution in [-0.4, -0.2) is 14.6 Å². The van der Waals surface area contributed by atoms with Crippen LogP contribution in [0.25, 0.3) is 0 Å². The molecule has 4 nitrogen and oxygen atoms in total. The van der Waals surface area contributed by atoms with Crippen LogP contribution >= 0.6 is 11.6 Å². The molecule has 0 aromatic heterocycles. The van der Waals surface area contributed by atoms with E-state index in [2.05, 4.69) is 9.93 Å². The van der Waals surface area contributed by atoms with Crippen molar-refractivity contribution in [3.8, 4) is 0 Å². The zero-order chi connectivity index (χ0) is 15.5. The molecule has 2 aromatic rings. The number of aryl methyl sites for hydroxylation is 2. The van der Waals surface area contributed by atoms with E-state index in [9.17, 15) is 8.42 Å². The van der Waals surface area contributed by atoms with Gasteiger partial charge in [-0.1, -0.05) is 35.4 Å². The zero-order valence-corrected chi connectivity index (χ0v) is 13.2. The van der Waals surface area contributed by atoms with E-state index in [-0.39, 0.29) is 4.90 Å². The van der Waals surface area contributed by atoms with Crippen LogP contribution in [0.3, 0.4) is 0 Å². The fourth-order valence-electron chi connectivity index (χ4n) is 1.69. The first-order chi connectivity index (χ1) is 9.88. The SMILES string of the molecule is Cc1ccc(S(=O)(=O)N/N=C/c2ccc(Cl)c(C)c2)cc1. The number of hydrazone groups is 1. The van der Waals surface area contributed by atoms with E-state index >= 15 is 0 Å². The standard InChI is InChI=1S/C15H15ClN2O2S/c1-11-3-6-14(7-4-11)21(19,20)18-17-10-13-5-8-15(16)12(2)9-13/h3-10,18H,1-2H3/b17-10+. The van der Waals surface area contributed by atoms with E-state index in [1.54, 1.807) is 36.4 Å². The van der Waals surface area contributed by atoms with Crippen LogP contribution in [0.1, 0.15) is 16.7 Å². The molecule has 110 valence electrons. The number of sulfonamides is 1. The van der Waals surface area contributed by atoms with Crippen LogP contribution in [0.4, 0.5) is 0 Å². The van der Waals surface area contributed by atoms with Gasteiger partial charge < -0.3 is 0 Å². The Hall–Kier alpha value is -1.85. The lowest BCUT2D eigenvalue weighted by Gasteiger charge is -2.03. The molecule has 0 radical (unpaired) electrons. The molecule has 0 aliphatic heterocycles. The maximum Gasteiger partial charge on any atom is 0.276 e. The highest BCUT2D eigenvalue weighted by Gasteiger charge is 2.11. The number of hydrogen-bond acceptors (Lipinski definition) is 3. The Labute approximate surface area is 129 Å². The number of hydrogen-bond donors (Lipinski definition) is 1. The van der Waals surface area contributed by atoms with Crippen molar-refractivity contribution in [3.05, 3.63) is 64.2 Å². The lowest BCUT2D eigenvalue weighted by molar-refractivity contribution is 0.584. The summed E-state index contributed by atoms with van der Waals surface area (Å²) < 4.78 is 24.0. The summed E-state index contributed by atoms with van der Waals surface area (Å²) in [7, 11) is -3.64. The molecule has 2 rings (SSSR count). The summed E-state index contributed by atoms with van der Waals surface area (Å²) in [5.74, 6) is 0. The molecule has 0 aliphatic rings. The number of halogens is 1. The Morgan fingerprint density at radius 3 is 2.38 bits per heavy atom. The van der Waals surface area contributed by atoms with E-state index < -0.39 is 10.0 Å². The van der Waals surface area contributed by atoms with Gasteiger partial charge in [0.05, 0.1) is 11.1 Å². The molecule has 0 amide bonds. The third kappa shape index (κ3) is 4.06. The Kier molecular flexibility index (Phi) is 4.65. The number of nitrogens with zero attached hydrogens (tertiary/aromatic N) is 1. The molecule has 6 heteroatoms. The van der Waals surface area contributed by atoms with Crippen LogP contribution < -0.4 is 4.83 Å². The van der Waals surface area contributed by atoms with Gasteiger partial charge in [-0.3, -0.25) is 0 Å². The summed E-state index contributed by atoms with van der Waals surface area (Å²) >= 11 is 5.92. The molecule has 0 aliphatic carbocycles. The maximum absolute atomic E-state index is 12.0. The minimum absolute atomic E-state index is 0.178. The summed E-state index contributed by atoms with van der Waals surface area (Å²) in [5, 5.41) is 4.44. The van der Waals surface area contributed by atoms with Gasteiger partial charge in [0.15, 0.2) is 0 Å². The molecule has 2 aromatic carbocycles. The van der Waals surface area contributed by atoms with Gasteiger partial charge in [0.2, 0.25) is 0 Å². The Bertz CT molecular complexity index is 769. The Balaban J connectivity index is 2.12. The second-order valence-electron chi connectivity index (χ2n) is 4.67. The third-order valence-electron chi connectivity index (χ3n) is 2.90. The van der Waals surface area contributed by atoms with E-state index in [1.165, 1.54) is 6.21 Å². The van der Waals surface area contributed by atoms with Crippen molar-refractivity contribution < 1.29 is 8.42 Å². The van der Waals surface area contributed by atoms with Crippen molar-refractivity contribution in [1.82, 2.24) is 4.83 Å². The van der Waals surface area contributed by atoms with Gasteiger partial charge >= 0.3 is 0 Å². The summed E-state index contributed by atoms with van der Waals surface area (Å²) in [6, 6.07) is 11.9. The largest absolute Gasteiger partial charge is 0.276 e. The smallest absolute Gasteiger partial charge is 0.200 e. The second-order valence-corrected chi connectivity index (χ2v) is 6.74. The van der Waals surface area contributed by atoms with Gasteiger partial charge in [-0.2, -0.15) is 13.5 Å². The molecule has 0 atom stereocenters. The Morgan fingerprint density at radius 1 is 1.10 bits per heavy atom. The highest BCUT2D eigenvalue weighted by atomic mass is 35.5. The maximum atomic E-state index is 12.0. The first-order valence-electron chi connectivity index (χ1n) is 6.26. The normalized spacial score (nSPS) is 11.8. The summed E-state index contributed by atoms with van der Waals surface area (Å²) in [6.07, 6.45) is 1.44. The highest BCUT2D eigenvalue weighted by Crippen LogP contribution is 2.15. The van der Waals surface area contributed by atoms with Crippen LogP contribution in [0, 0.1) is 13.8 Å². The molecule has 0 saturated heterocycles. The van der Waals surface area contributed by atoms with Crippen molar-refractivity contribution in [1.29, 1.82) is 0 Å². The van der Waals surface area contributed by atoms with Crippen molar-refractivity contribution in [3.63, 3.8) is 0 Å². The molecule has 0 heterocycles. The highest BCUT2D eigenvalue weighted by molar-refractivity contribution is 7.89. The lowest BCUT2D eigenvalue weighted by atomic mass is 10.1. The molecule has 21 heavy (non-hydrogen) atoms. The monoisotopic (exact) mass is 322 g/mol. The average molecular weight is 323 g/mol. The predicted octanol–water partition coefficient (Wildman–Crippen LogP) is 3.27. The summed E-state index contributed by atoms with van der Waals surface area (Å²) in [4.78, 5) is 2.36. The summed E-state index contributed by atoms with van der Waals surface area (Å²) in [5.41, 5.74) is 2.67. The first kappa shape index (κ1) is 15.5. The summed E-state index contributed by atoms with van der Waals surface area (Å²) in [6.45, 7) is 3.76. The van der Waals surface area contributed by atoms with Crippen LogP contribution in [0.5, 0.6) is 0 Å². The molecule has 1 N–H and O–H groups in total. The van der Waals surface area contributed by atoms with Crippen LogP contribution in [0.2, 0.25) is 5.02 Å². The van der Waals surface area contributed by atoms with Crippen LogP contribution in [0.15, 0.2) is 52.5 Å². The fourth-order valence-corrected chi connectivity index (χ4v) is 2.60. The quantitative estimate of drug-likeness (QED) is 0.693. The molecular formula is C15H15ClN2O2S. The molecular weight excluding hydrogens is 308 g/mol. The molecule has 0 fully saturated rings. The third-order valence-corrected chi connectivity index (χ3v) is 4.56. The lowest BCUT2D eigenvalue weighted by Crippen LogP contribution is -2.18. The molecule has 0 bridgehead atoms. The van der Waals surface area contributed by atoms with Crippen molar-refractivity contribution in [2.24, 2.45) is 5.10 Å². The van der Waals surface area contributed by atoms with E-state index in [4.69, 9.17) is 11.6 Å². The average Bonchev–Trinajstić information content (AvgIpc) is 2.43.